The van der Waals surface area contributed by atoms with Crippen molar-refractivity contribution in [3.05, 3.63) is 47.5 Å². The molecule has 0 bridgehead atoms. The summed E-state index contributed by atoms with van der Waals surface area (Å²) < 4.78 is 16.1. The molecule has 2 aliphatic rings. The minimum absolute atomic E-state index is 0.124. The summed E-state index contributed by atoms with van der Waals surface area (Å²) in [6, 6.07) is 11.2. The predicted octanol–water partition coefficient (Wildman–Crippen LogP) is 2.92. The first-order chi connectivity index (χ1) is 10.8. The summed E-state index contributed by atoms with van der Waals surface area (Å²) in [6.07, 6.45) is 1.81. The first kappa shape index (κ1) is 12.8. The van der Waals surface area contributed by atoms with Gasteiger partial charge in [-0.2, -0.15) is 0 Å². The van der Waals surface area contributed by atoms with Gasteiger partial charge in [-0.05, 0) is 18.2 Å². The summed E-state index contributed by atoms with van der Waals surface area (Å²) in [4.78, 5) is 12.2. The van der Waals surface area contributed by atoms with Gasteiger partial charge in [0.05, 0.1) is 7.11 Å². The fraction of sp³-hybridized carbons (Fsp3) is 0.118. The molecule has 2 aromatic carbocycles. The predicted molar refractivity (Wildman–Crippen MR) is 82.1 cm³/mol. The van der Waals surface area contributed by atoms with E-state index in [0.29, 0.717) is 22.8 Å². The van der Waals surface area contributed by atoms with Crippen molar-refractivity contribution in [3.63, 3.8) is 0 Å². The maximum Gasteiger partial charge on any atom is 0.256 e. The molecule has 0 aromatic heterocycles. The number of amides is 1. The molecule has 2 heterocycles. The molecule has 0 saturated carbocycles. The number of para-hydroxylation sites is 1. The van der Waals surface area contributed by atoms with E-state index in [1.54, 1.807) is 13.2 Å². The Hall–Kier alpha value is -2.95. The monoisotopic (exact) mass is 295 g/mol. The first-order valence-corrected chi connectivity index (χ1v) is 6.86. The van der Waals surface area contributed by atoms with Crippen molar-refractivity contribution in [3.8, 4) is 17.2 Å². The topological polar surface area (TPSA) is 56.8 Å². The van der Waals surface area contributed by atoms with E-state index < -0.39 is 0 Å². The van der Waals surface area contributed by atoms with Crippen molar-refractivity contribution >= 4 is 23.2 Å². The van der Waals surface area contributed by atoms with Gasteiger partial charge < -0.3 is 19.5 Å². The maximum absolute atomic E-state index is 12.2. The quantitative estimate of drug-likeness (QED) is 0.866. The largest absolute Gasteiger partial charge is 0.496 e. The third-order valence-corrected chi connectivity index (χ3v) is 3.73. The average molecular weight is 295 g/mol. The highest BCUT2D eigenvalue weighted by atomic mass is 16.7. The number of hydrogen-bond acceptors (Lipinski definition) is 4. The van der Waals surface area contributed by atoms with Crippen LogP contribution >= 0.6 is 0 Å². The van der Waals surface area contributed by atoms with E-state index in [0.717, 1.165) is 16.8 Å². The molecule has 1 amide bonds. The molecule has 0 aliphatic carbocycles. The zero-order valence-electron chi connectivity index (χ0n) is 11.9. The first-order valence-electron chi connectivity index (χ1n) is 6.86. The molecule has 5 heteroatoms. The highest BCUT2D eigenvalue weighted by Gasteiger charge is 2.25. The van der Waals surface area contributed by atoms with E-state index in [1.807, 2.05) is 36.4 Å². The SMILES string of the molecule is COc1cc2c(cc1/C=C1\C(=O)Nc3ccccc31)OCO2. The van der Waals surface area contributed by atoms with Crippen molar-refractivity contribution in [2.24, 2.45) is 0 Å². The third-order valence-electron chi connectivity index (χ3n) is 3.73. The molecule has 22 heavy (non-hydrogen) atoms. The Labute approximate surface area is 127 Å². The standard InChI is InChI=1S/C17H13NO4/c1-20-14-8-16-15(21-9-22-16)7-10(14)6-12-11-4-2-3-5-13(11)18-17(12)19/h2-8H,9H2,1H3,(H,18,19)/b12-6-. The van der Waals surface area contributed by atoms with Crippen LogP contribution in [0.15, 0.2) is 36.4 Å². The Morgan fingerprint density at radius 1 is 1.18 bits per heavy atom. The van der Waals surface area contributed by atoms with Gasteiger partial charge in [-0.25, -0.2) is 0 Å². The molecule has 0 atom stereocenters. The smallest absolute Gasteiger partial charge is 0.256 e. The Bertz CT molecular complexity index is 810. The normalized spacial score (nSPS) is 16.6. The summed E-state index contributed by atoms with van der Waals surface area (Å²) in [6.45, 7) is 0.196. The second kappa shape index (κ2) is 4.80. The zero-order valence-corrected chi connectivity index (χ0v) is 11.9. The lowest BCUT2D eigenvalue weighted by molar-refractivity contribution is -0.110. The zero-order chi connectivity index (χ0) is 15.1. The van der Waals surface area contributed by atoms with Crippen LogP contribution in [-0.4, -0.2) is 19.8 Å². The van der Waals surface area contributed by atoms with Crippen molar-refractivity contribution in [2.45, 2.75) is 0 Å². The van der Waals surface area contributed by atoms with Crippen molar-refractivity contribution in [1.29, 1.82) is 0 Å². The lowest BCUT2D eigenvalue weighted by atomic mass is 10.0. The number of methoxy groups -OCH3 is 1. The van der Waals surface area contributed by atoms with E-state index in [2.05, 4.69) is 5.32 Å². The number of carbonyl (C=O) groups is 1. The Morgan fingerprint density at radius 2 is 1.95 bits per heavy atom. The molecule has 0 unspecified atom stereocenters. The lowest BCUT2D eigenvalue weighted by Crippen LogP contribution is -2.03. The molecule has 1 N–H and O–H groups in total. The molecule has 0 saturated heterocycles. The number of hydrogen-bond donors (Lipinski definition) is 1. The summed E-state index contributed by atoms with van der Waals surface area (Å²) >= 11 is 0. The third kappa shape index (κ3) is 1.90. The van der Waals surface area contributed by atoms with Crippen molar-refractivity contribution in [1.82, 2.24) is 0 Å². The molecule has 0 spiro atoms. The van der Waals surface area contributed by atoms with Crippen LogP contribution in [0.3, 0.4) is 0 Å². The molecule has 110 valence electrons. The number of ether oxygens (including phenoxy) is 3. The fourth-order valence-electron chi connectivity index (χ4n) is 2.67. The van der Waals surface area contributed by atoms with Crippen molar-refractivity contribution in [2.75, 3.05) is 19.2 Å². The molecule has 0 radical (unpaired) electrons. The molecule has 2 aromatic rings. The molecule has 4 rings (SSSR count). The van der Waals surface area contributed by atoms with Gasteiger partial charge in [-0.15, -0.1) is 0 Å². The van der Waals surface area contributed by atoms with Crippen molar-refractivity contribution < 1.29 is 19.0 Å². The Morgan fingerprint density at radius 3 is 2.77 bits per heavy atom. The van der Waals surface area contributed by atoms with Crippen LogP contribution in [0.5, 0.6) is 17.2 Å². The summed E-state index contributed by atoms with van der Waals surface area (Å²) in [5.74, 6) is 1.81. The number of carbonyl (C=O) groups excluding carboxylic acids is 1. The van der Waals surface area contributed by atoms with Gasteiger partial charge in [0.2, 0.25) is 6.79 Å². The summed E-state index contributed by atoms with van der Waals surface area (Å²) in [5.41, 5.74) is 3.08. The van der Waals surface area contributed by atoms with Gasteiger partial charge >= 0.3 is 0 Å². The van der Waals surface area contributed by atoms with Gasteiger partial charge in [0.1, 0.15) is 5.75 Å². The van der Waals surface area contributed by atoms with Gasteiger partial charge in [0.25, 0.3) is 5.91 Å². The van der Waals surface area contributed by atoms with Gasteiger partial charge in [-0.1, -0.05) is 18.2 Å². The molecular weight excluding hydrogens is 282 g/mol. The van der Waals surface area contributed by atoms with Crippen LogP contribution in [0.2, 0.25) is 0 Å². The van der Waals surface area contributed by atoms with Crippen LogP contribution in [0.4, 0.5) is 5.69 Å². The van der Waals surface area contributed by atoms with Gasteiger partial charge in [-0.3, -0.25) is 4.79 Å². The number of nitrogens with one attached hydrogen (secondary N) is 1. The average Bonchev–Trinajstić information content (AvgIpc) is 3.11. The number of rotatable bonds is 2. The van der Waals surface area contributed by atoms with Crippen LogP contribution < -0.4 is 19.5 Å². The minimum atomic E-state index is -0.124. The fourth-order valence-corrected chi connectivity index (χ4v) is 2.67. The van der Waals surface area contributed by atoms with Crippen LogP contribution in [0.25, 0.3) is 11.6 Å². The Balaban J connectivity index is 1.85. The number of anilines is 1. The second-order valence-electron chi connectivity index (χ2n) is 5.01. The maximum atomic E-state index is 12.2. The minimum Gasteiger partial charge on any atom is -0.496 e. The van der Waals surface area contributed by atoms with E-state index in [9.17, 15) is 4.79 Å². The highest BCUT2D eigenvalue weighted by Crippen LogP contribution is 2.40. The highest BCUT2D eigenvalue weighted by molar-refractivity contribution is 6.35. The molecular formula is C17H13NO4. The number of fused-ring (bicyclic) bond motifs is 2. The van der Waals surface area contributed by atoms with Crippen LogP contribution in [0, 0.1) is 0 Å². The second-order valence-corrected chi connectivity index (χ2v) is 5.01. The van der Waals surface area contributed by atoms with Gasteiger partial charge in [0.15, 0.2) is 11.5 Å². The molecule has 0 fully saturated rings. The molecule has 5 nitrogen and oxygen atoms in total. The number of benzene rings is 2. The van der Waals surface area contributed by atoms with E-state index in [1.165, 1.54) is 0 Å². The summed E-state index contributed by atoms with van der Waals surface area (Å²) in [5, 5.41) is 2.85. The van der Waals surface area contributed by atoms with Crippen LogP contribution in [-0.2, 0) is 4.79 Å². The van der Waals surface area contributed by atoms with Gasteiger partial charge in [0, 0.05) is 28.5 Å². The van der Waals surface area contributed by atoms with E-state index in [4.69, 9.17) is 14.2 Å². The van der Waals surface area contributed by atoms with E-state index in [-0.39, 0.29) is 12.7 Å². The lowest BCUT2D eigenvalue weighted by Gasteiger charge is -2.07. The summed E-state index contributed by atoms with van der Waals surface area (Å²) in [7, 11) is 1.59. The molecule has 2 aliphatic heterocycles. The van der Waals surface area contributed by atoms with Crippen LogP contribution in [0.1, 0.15) is 11.1 Å². The van der Waals surface area contributed by atoms with E-state index >= 15 is 0 Å². The Kier molecular flexibility index (Phi) is 2.79.